The summed E-state index contributed by atoms with van der Waals surface area (Å²) in [6.07, 6.45) is 0. The van der Waals surface area contributed by atoms with Crippen molar-refractivity contribution in [2.45, 2.75) is 6.92 Å². The highest BCUT2D eigenvalue weighted by Crippen LogP contribution is 2.25. The molecule has 0 unspecified atom stereocenters. The molecule has 0 aliphatic carbocycles. The van der Waals surface area contributed by atoms with Gasteiger partial charge in [0.1, 0.15) is 0 Å². The molecule has 0 spiro atoms. The third-order valence-corrected chi connectivity index (χ3v) is 2.50. The van der Waals surface area contributed by atoms with Gasteiger partial charge in [-0.15, -0.1) is 11.3 Å². The van der Waals surface area contributed by atoms with Gasteiger partial charge in [0, 0.05) is 5.38 Å². The Morgan fingerprint density at radius 1 is 1.64 bits per heavy atom. The van der Waals surface area contributed by atoms with Crippen molar-refractivity contribution < 1.29 is 14.4 Å². The lowest BCUT2D eigenvalue weighted by atomic mass is 10.3. The molecule has 0 atom stereocenters. The number of carbonyl (C=O) groups is 1. The molecule has 14 heavy (non-hydrogen) atoms. The van der Waals surface area contributed by atoms with Crippen LogP contribution < -0.4 is 0 Å². The van der Waals surface area contributed by atoms with E-state index in [1.54, 1.807) is 6.92 Å². The molecule has 2 aromatic rings. The van der Waals surface area contributed by atoms with E-state index in [2.05, 4.69) is 10.1 Å². The Morgan fingerprint density at radius 3 is 2.93 bits per heavy atom. The number of hydrogen-bond donors (Lipinski definition) is 1. The van der Waals surface area contributed by atoms with Gasteiger partial charge in [-0.25, -0.2) is 4.79 Å². The molecule has 0 aliphatic heterocycles. The minimum atomic E-state index is -0.955. The zero-order valence-corrected chi connectivity index (χ0v) is 8.04. The van der Waals surface area contributed by atoms with Crippen LogP contribution >= 0.6 is 11.3 Å². The monoisotopic (exact) mass is 210 g/mol. The van der Waals surface area contributed by atoms with E-state index >= 15 is 0 Å². The van der Waals surface area contributed by atoms with Gasteiger partial charge in [0.2, 0.25) is 0 Å². The van der Waals surface area contributed by atoms with Crippen LogP contribution in [0.2, 0.25) is 0 Å². The van der Waals surface area contributed by atoms with Gasteiger partial charge < -0.3 is 9.63 Å². The predicted octanol–water partition coefficient (Wildman–Crippen LogP) is 1.80. The molecule has 72 valence electrons. The van der Waals surface area contributed by atoms with Crippen LogP contribution in [0.1, 0.15) is 16.2 Å². The topological polar surface area (TPSA) is 76.2 Å². The molecule has 2 rings (SSSR count). The smallest absolute Gasteiger partial charge is 0.336 e. The highest BCUT2D eigenvalue weighted by molar-refractivity contribution is 7.13. The second-order valence-electron chi connectivity index (χ2n) is 2.65. The Bertz CT molecular complexity index is 474. The lowest BCUT2D eigenvalue weighted by molar-refractivity contribution is 0.0697. The first-order valence-electron chi connectivity index (χ1n) is 3.79. The average molecular weight is 210 g/mol. The molecule has 2 aromatic heterocycles. The molecule has 0 saturated carbocycles. The van der Waals surface area contributed by atoms with Gasteiger partial charge in [0.05, 0.1) is 10.4 Å². The van der Waals surface area contributed by atoms with Crippen LogP contribution in [-0.4, -0.2) is 21.2 Å². The predicted molar refractivity (Wildman–Crippen MR) is 49.3 cm³/mol. The van der Waals surface area contributed by atoms with E-state index in [1.165, 1.54) is 22.8 Å². The fourth-order valence-corrected chi connectivity index (χ4v) is 1.76. The lowest BCUT2D eigenvalue weighted by Gasteiger charge is -1.83. The van der Waals surface area contributed by atoms with Crippen molar-refractivity contribution in [2.75, 3.05) is 0 Å². The second kappa shape index (κ2) is 3.22. The van der Waals surface area contributed by atoms with Crippen LogP contribution in [0.25, 0.3) is 10.8 Å². The number of rotatable bonds is 2. The van der Waals surface area contributed by atoms with Crippen molar-refractivity contribution >= 4 is 17.3 Å². The van der Waals surface area contributed by atoms with Crippen molar-refractivity contribution in [3.63, 3.8) is 0 Å². The minimum absolute atomic E-state index is 0.237. The van der Waals surface area contributed by atoms with Crippen molar-refractivity contribution in [3.8, 4) is 10.8 Å². The largest absolute Gasteiger partial charge is 0.478 e. The zero-order valence-electron chi connectivity index (χ0n) is 7.22. The van der Waals surface area contributed by atoms with Crippen molar-refractivity contribution in [1.82, 2.24) is 10.1 Å². The summed E-state index contributed by atoms with van der Waals surface area (Å²) in [7, 11) is 0. The normalized spacial score (nSPS) is 10.4. The summed E-state index contributed by atoms with van der Waals surface area (Å²) >= 11 is 1.27. The van der Waals surface area contributed by atoms with Crippen LogP contribution in [0.4, 0.5) is 0 Å². The van der Waals surface area contributed by atoms with Crippen LogP contribution in [0.5, 0.6) is 0 Å². The SMILES string of the molecule is Cc1noc(-c2cc(C(=O)O)cs2)n1. The fourth-order valence-electron chi connectivity index (χ4n) is 0.958. The number of hydrogen-bond acceptors (Lipinski definition) is 5. The quantitative estimate of drug-likeness (QED) is 0.817. The van der Waals surface area contributed by atoms with E-state index in [9.17, 15) is 4.79 Å². The van der Waals surface area contributed by atoms with Gasteiger partial charge in [-0.2, -0.15) is 4.98 Å². The number of thiophene rings is 1. The number of aromatic carboxylic acids is 1. The minimum Gasteiger partial charge on any atom is -0.478 e. The Balaban J connectivity index is 2.38. The first kappa shape index (κ1) is 8.89. The summed E-state index contributed by atoms with van der Waals surface area (Å²) in [5, 5.41) is 13.8. The highest BCUT2D eigenvalue weighted by atomic mass is 32.1. The Kier molecular flexibility index (Phi) is 2.05. The van der Waals surface area contributed by atoms with Crippen molar-refractivity contribution in [3.05, 3.63) is 22.8 Å². The molecule has 0 aromatic carbocycles. The van der Waals surface area contributed by atoms with Gasteiger partial charge >= 0.3 is 5.97 Å². The molecule has 0 fully saturated rings. The maximum atomic E-state index is 10.6. The number of carboxylic acid groups (broad SMARTS) is 1. The Hall–Kier alpha value is -1.69. The summed E-state index contributed by atoms with van der Waals surface area (Å²) < 4.78 is 4.90. The van der Waals surface area contributed by atoms with Gasteiger partial charge in [-0.3, -0.25) is 0 Å². The summed E-state index contributed by atoms with van der Waals surface area (Å²) in [5.41, 5.74) is 0.237. The molecule has 0 radical (unpaired) electrons. The van der Waals surface area contributed by atoms with Gasteiger partial charge in [0.15, 0.2) is 5.82 Å². The van der Waals surface area contributed by atoms with E-state index in [-0.39, 0.29) is 5.56 Å². The van der Waals surface area contributed by atoms with Crippen molar-refractivity contribution in [1.29, 1.82) is 0 Å². The van der Waals surface area contributed by atoms with Gasteiger partial charge in [0.25, 0.3) is 5.89 Å². The molecule has 1 N–H and O–H groups in total. The van der Waals surface area contributed by atoms with Crippen LogP contribution in [0.3, 0.4) is 0 Å². The molecule has 0 amide bonds. The van der Waals surface area contributed by atoms with Crippen LogP contribution in [0, 0.1) is 6.92 Å². The maximum Gasteiger partial charge on any atom is 0.336 e. The number of aromatic nitrogens is 2. The summed E-state index contributed by atoms with van der Waals surface area (Å²) in [6, 6.07) is 1.51. The highest BCUT2D eigenvalue weighted by Gasteiger charge is 2.12. The maximum absolute atomic E-state index is 10.6. The molecule has 6 heteroatoms. The number of aryl methyl sites for hydroxylation is 1. The molecular formula is C8H6N2O3S. The molecule has 0 bridgehead atoms. The van der Waals surface area contributed by atoms with E-state index in [0.717, 1.165) is 0 Å². The second-order valence-corrected chi connectivity index (χ2v) is 3.56. The van der Waals surface area contributed by atoms with Crippen LogP contribution in [0.15, 0.2) is 16.0 Å². The van der Waals surface area contributed by atoms with Gasteiger partial charge in [-0.1, -0.05) is 5.16 Å². The first-order valence-corrected chi connectivity index (χ1v) is 4.67. The van der Waals surface area contributed by atoms with Gasteiger partial charge in [-0.05, 0) is 13.0 Å². The Morgan fingerprint density at radius 2 is 2.43 bits per heavy atom. The lowest BCUT2D eigenvalue weighted by Crippen LogP contribution is -1.91. The molecule has 0 aliphatic rings. The van der Waals surface area contributed by atoms with E-state index in [4.69, 9.17) is 9.63 Å². The van der Waals surface area contributed by atoms with Crippen molar-refractivity contribution in [2.24, 2.45) is 0 Å². The average Bonchev–Trinajstić information content (AvgIpc) is 2.70. The molecule has 5 nitrogen and oxygen atoms in total. The number of nitrogens with zero attached hydrogens (tertiary/aromatic N) is 2. The standard InChI is InChI=1S/C8H6N2O3S/c1-4-9-7(13-10-4)6-2-5(3-14-6)8(11)12/h2-3H,1H3,(H,11,12). The first-order chi connectivity index (χ1) is 6.66. The third kappa shape index (κ3) is 1.51. The van der Waals surface area contributed by atoms with Crippen LogP contribution in [-0.2, 0) is 0 Å². The number of carboxylic acids is 1. The fraction of sp³-hybridized carbons (Fsp3) is 0.125. The molecule has 0 saturated heterocycles. The van der Waals surface area contributed by atoms with E-state index in [1.807, 2.05) is 0 Å². The molecular weight excluding hydrogens is 204 g/mol. The summed E-state index contributed by atoms with van der Waals surface area (Å²) in [5.74, 6) is -0.0611. The Labute approximate surface area is 83.0 Å². The zero-order chi connectivity index (χ0) is 10.1. The van der Waals surface area contributed by atoms with E-state index < -0.39 is 5.97 Å². The van der Waals surface area contributed by atoms with E-state index in [0.29, 0.717) is 16.6 Å². The third-order valence-electron chi connectivity index (χ3n) is 1.58. The summed E-state index contributed by atoms with van der Waals surface area (Å²) in [4.78, 5) is 15.3. The summed E-state index contributed by atoms with van der Waals surface area (Å²) in [6.45, 7) is 1.71. The molecule has 2 heterocycles.